The molecular formula is C22H29NO. The average Bonchev–Trinajstić information content (AvgIpc) is 3.23. The molecule has 24 heavy (non-hydrogen) atoms. The maximum absolute atomic E-state index is 12.7. The largest absolute Gasteiger partial charge is 0.326 e. The third-order valence-electron chi connectivity index (χ3n) is 5.58. The summed E-state index contributed by atoms with van der Waals surface area (Å²) in [6.45, 7) is 4.19. The lowest BCUT2D eigenvalue weighted by Gasteiger charge is -2.07. The van der Waals surface area contributed by atoms with Crippen LogP contribution in [0.25, 0.3) is 0 Å². The molecule has 0 unspecified atom stereocenters. The molecule has 1 saturated carbocycles. The summed E-state index contributed by atoms with van der Waals surface area (Å²) in [6.07, 6.45) is 16.0. The minimum atomic E-state index is 0.203. The molecule has 2 heteroatoms. The summed E-state index contributed by atoms with van der Waals surface area (Å²) in [5.41, 5.74) is 3.43. The molecule has 0 spiro atoms. The molecule has 128 valence electrons. The van der Waals surface area contributed by atoms with E-state index in [2.05, 4.69) is 55.6 Å². The predicted octanol–water partition coefficient (Wildman–Crippen LogP) is 5.57. The molecule has 2 aliphatic carbocycles. The predicted molar refractivity (Wildman–Crippen MR) is 101 cm³/mol. The van der Waals surface area contributed by atoms with Crippen molar-refractivity contribution < 1.29 is 4.79 Å². The van der Waals surface area contributed by atoms with Gasteiger partial charge >= 0.3 is 0 Å². The Morgan fingerprint density at radius 3 is 2.04 bits per heavy atom. The Morgan fingerprint density at radius 2 is 1.46 bits per heavy atom. The third-order valence-corrected chi connectivity index (χ3v) is 5.58. The van der Waals surface area contributed by atoms with Gasteiger partial charge < -0.3 is 5.32 Å². The molecule has 3 rings (SSSR count). The van der Waals surface area contributed by atoms with Gasteiger partial charge in [-0.15, -0.1) is 0 Å². The van der Waals surface area contributed by atoms with Gasteiger partial charge in [0.15, 0.2) is 0 Å². The van der Waals surface area contributed by atoms with E-state index in [9.17, 15) is 4.79 Å². The van der Waals surface area contributed by atoms with Crippen LogP contribution < -0.4 is 5.32 Å². The van der Waals surface area contributed by atoms with Crippen LogP contribution in [-0.4, -0.2) is 5.91 Å². The Morgan fingerprint density at radius 1 is 0.875 bits per heavy atom. The van der Waals surface area contributed by atoms with E-state index in [1.165, 1.54) is 11.1 Å². The van der Waals surface area contributed by atoms with Crippen molar-refractivity contribution in [2.24, 2.45) is 17.8 Å². The standard InChI is InChI=1S/C22H29NO/c1-16-13-14-18(15-17(16)2)23-22(24)21-19-11-9-7-5-3-4-6-8-10-12-20(19)21/h5-8,13-15,19-21H,3-4,9-12H2,1-2H3,(H,23,24)/b7-5-,8-6-/t19-,20-/m0/s1. The van der Waals surface area contributed by atoms with Gasteiger partial charge in [-0.3, -0.25) is 4.79 Å². The van der Waals surface area contributed by atoms with Crippen molar-refractivity contribution in [1.29, 1.82) is 0 Å². The number of benzene rings is 1. The maximum atomic E-state index is 12.7. The Kier molecular flexibility index (Phi) is 5.55. The van der Waals surface area contributed by atoms with Gasteiger partial charge in [0.2, 0.25) is 5.91 Å². The molecule has 0 heterocycles. The molecule has 1 aromatic rings. The van der Waals surface area contributed by atoms with Crippen molar-refractivity contribution in [1.82, 2.24) is 0 Å². The molecular weight excluding hydrogens is 294 g/mol. The van der Waals surface area contributed by atoms with Gasteiger partial charge in [-0.2, -0.15) is 0 Å². The van der Waals surface area contributed by atoms with Gasteiger partial charge in [-0.25, -0.2) is 0 Å². The zero-order valence-electron chi connectivity index (χ0n) is 14.9. The van der Waals surface area contributed by atoms with Crippen LogP contribution >= 0.6 is 0 Å². The quantitative estimate of drug-likeness (QED) is 0.708. The van der Waals surface area contributed by atoms with Crippen molar-refractivity contribution in [2.75, 3.05) is 5.32 Å². The highest BCUT2D eigenvalue weighted by atomic mass is 16.2. The average molecular weight is 323 g/mol. The minimum absolute atomic E-state index is 0.203. The molecule has 0 saturated heterocycles. The molecule has 2 nitrogen and oxygen atoms in total. The smallest absolute Gasteiger partial charge is 0.228 e. The summed E-state index contributed by atoms with van der Waals surface area (Å²) >= 11 is 0. The second kappa shape index (κ2) is 7.83. The zero-order valence-corrected chi connectivity index (χ0v) is 14.9. The van der Waals surface area contributed by atoms with Gasteiger partial charge in [0.25, 0.3) is 0 Å². The van der Waals surface area contributed by atoms with Crippen LogP contribution in [0.2, 0.25) is 0 Å². The second-order valence-corrected chi connectivity index (χ2v) is 7.32. The molecule has 0 radical (unpaired) electrons. The van der Waals surface area contributed by atoms with E-state index < -0.39 is 0 Å². The molecule has 1 N–H and O–H groups in total. The fourth-order valence-corrected chi connectivity index (χ4v) is 3.91. The first-order valence-corrected chi connectivity index (χ1v) is 9.35. The molecule has 1 amide bonds. The summed E-state index contributed by atoms with van der Waals surface area (Å²) < 4.78 is 0. The molecule has 2 aliphatic rings. The summed E-state index contributed by atoms with van der Waals surface area (Å²) in [6, 6.07) is 6.17. The Labute approximate surface area is 146 Å². The third kappa shape index (κ3) is 4.17. The maximum Gasteiger partial charge on any atom is 0.228 e. The van der Waals surface area contributed by atoms with Crippen LogP contribution in [0.1, 0.15) is 49.7 Å². The topological polar surface area (TPSA) is 29.1 Å². The van der Waals surface area contributed by atoms with Crippen molar-refractivity contribution >= 4 is 11.6 Å². The van der Waals surface area contributed by atoms with Crippen LogP contribution in [0.15, 0.2) is 42.5 Å². The second-order valence-electron chi connectivity index (χ2n) is 7.32. The summed E-state index contributed by atoms with van der Waals surface area (Å²) in [4.78, 5) is 12.7. The lowest BCUT2D eigenvalue weighted by molar-refractivity contribution is -0.117. The number of amides is 1. The minimum Gasteiger partial charge on any atom is -0.326 e. The number of fused-ring (bicyclic) bond motifs is 1. The lowest BCUT2D eigenvalue weighted by atomic mass is 10.1. The number of rotatable bonds is 2. The highest BCUT2D eigenvalue weighted by Gasteiger charge is 2.52. The number of hydrogen-bond donors (Lipinski definition) is 1. The summed E-state index contributed by atoms with van der Waals surface area (Å²) in [5.74, 6) is 1.55. The Bertz CT molecular complexity index is 619. The van der Waals surface area contributed by atoms with E-state index in [0.717, 1.165) is 44.2 Å². The number of anilines is 1. The fraction of sp³-hybridized carbons (Fsp3) is 0.500. The van der Waals surface area contributed by atoms with Crippen molar-refractivity contribution in [3.05, 3.63) is 53.6 Å². The number of hydrogen-bond acceptors (Lipinski definition) is 1. The number of aryl methyl sites for hydroxylation is 2. The van der Waals surface area contributed by atoms with E-state index in [-0.39, 0.29) is 11.8 Å². The van der Waals surface area contributed by atoms with Crippen LogP contribution in [0.4, 0.5) is 5.69 Å². The van der Waals surface area contributed by atoms with E-state index in [1.807, 2.05) is 6.07 Å². The SMILES string of the molecule is Cc1ccc(NC(=O)C2[C@H]3CC/C=C\CC/C=C\CC[C@H]23)cc1C. The normalized spacial score (nSPS) is 29.5. The van der Waals surface area contributed by atoms with Gasteiger partial charge in [-0.05, 0) is 87.5 Å². The van der Waals surface area contributed by atoms with Gasteiger partial charge in [0.05, 0.1) is 0 Å². The molecule has 0 aromatic heterocycles. The molecule has 1 aromatic carbocycles. The van der Waals surface area contributed by atoms with E-state index in [1.54, 1.807) is 0 Å². The highest BCUT2D eigenvalue weighted by molar-refractivity contribution is 5.95. The van der Waals surface area contributed by atoms with E-state index >= 15 is 0 Å². The number of nitrogens with one attached hydrogen (secondary N) is 1. The first-order chi connectivity index (χ1) is 11.7. The Balaban J connectivity index is 1.62. The zero-order chi connectivity index (χ0) is 16.9. The van der Waals surface area contributed by atoms with Crippen LogP contribution in [0.3, 0.4) is 0 Å². The number of carbonyl (C=O) groups is 1. The van der Waals surface area contributed by atoms with Gasteiger partial charge in [0.1, 0.15) is 0 Å². The molecule has 0 aliphatic heterocycles. The van der Waals surface area contributed by atoms with Crippen molar-refractivity contribution in [3.63, 3.8) is 0 Å². The number of allylic oxidation sites excluding steroid dienone is 4. The number of carbonyl (C=O) groups excluding carboxylic acids is 1. The van der Waals surface area contributed by atoms with Crippen LogP contribution in [-0.2, 0) is 4.79 Å². The van der Waals surface area contributed by atoms with Gasteiger partial charge in [-0.1, -0.05) is 30.4 Å². The fourth-order valence-electron chi connectivity index (χ4n) is 3.91. The highest BCUT2D eigenvalue weighted by Crippen LogP contribution is 2.52. The summed E-state index contributed by atoms with van der Waals surface area (Å²) in [5, 5.41) is 3.15. The molecule has 0 bridgehead atoms. The monoisotopic (exact) mass is 323 g/mol. The lowest BCUT2D eigenvalue weighted by Crippen LogP contribution is -2.15. The molecule has 1 fully saturated rings. The summed E-state index contributed by atoms with van der Waals surface area (Å²) in [7, 11) is 0. The van der Waals surface area contributed by atoms with Crippen LogP contribution in [0.5, 0.6) is 0 Å². The van der Waals surface area contributed by atoms with E-state index in [4.69, 9.17) is 0 Å². The first-order valence-electron chi connectivity index (χ1n) is 9.35. The first kappa shape index (κ1) is 17.0. The molecule has 2 atom stereocenters. The van der Waals surface area contributed by atoms with Crippen molar-refractivity contribution in [2.45, 2.75) is 52.4 Å². The van der Waals surface area contributed by atoms with E-state index in [0.29, 0.717) is 11.8 Å². The van der Waals surface area contributed by atoms with Gasteiger partial charge in [0, 0.05) is 11.6 Å². The Hall–Kier alpha value is -1.83. The van der Waals surface area contributed by atoms with Crippen LogP contribution in [0, 0.1) is 31.6 Å². The van der Waals surface area contributed by atoms with Crippen molar-refractivity contribution in [3.8, 4) is 0 Å².